The summed E-state index contributed by atoms with van der Waals surface area (Å²) >= 11 is 0. The molecular weight excluding hydrogens is 371 g/mol. The summed E-state index contributed by atoms with van der Waals surface area (Å²) in [4.78, 5) is 24.0. The molecule has 0 spiro atoms. The quantitative estimate of drug-likeness (QED) is 0.688. The van der Waals surface area contributed by atoms with Gasteiger partial charge < -0.3 is 16.0 Å². The second-order valence-corrected chi connectivity index (χ2v) is 6.53. The molecule has 8 heteroatoms. The van der Waals surface area contributed by atoms with Gasteiger partial charge in [-0.1, -0.05) is 18.2 Å². The molecule has 0 aliphatic carbocycles. The Bertz CT molecular complexity index is 818. The zero-order chi connectivity index (χ0) is 20.7. The minimum atomic E-state index is -4.36. The van der Waals surface area contributed by atoms with E-state index in [1.54, 1.807) is 24.3 Å². The summed E-state index contributed by atoms with van der Waals surface area (Å²) < 4.78 is 37.7. The molecule has 2 aromatic carbocycles. The van der Waals surface area contributed by atoms with E-state index in [1.807, 2.05) is 13.8 Å². The Morgan fingerprint density at radius 2 is 1.71 bits per heavy atom. The van der Waals surface area contributed by atoms with Crippen molar-refractivity contribution in [3.05, 3.63) is 65.2 Å². The second-order valence-electron chi connectivity index (χ2n) is 6.53. The highest BCUT2D eigenvalue weighted by Gasteiger charge is 2.29. The first-order valence-corrected chi connectivity index (χ1v) is 8.77. The molecule has 0 aliphatic heterocycles. The number of hydrogen-bond acceptors (Lipinski definition) is 2. The van der Waals surface area contributed by atoms with E-state index in [9.17, 15) is 22.8 Å². The van der Waals surface area contributed by atoms with E-state index in [1.165, 1.54) is 12.1 Å². The number of rotatable bonds is 6. The number of alkyl halides is 3. The molecule has 0 radical (unpaired) electrons. The molecule has 0 saturated carbocycles. The van der Waals surface area contributed by atoms with Crippen molar-refractivity contribution in [3.63, 3.8) is 0 Å². The summed E-state index contributed by atoms with van der Waals surface area (Å²) in [6.07, 6.45) is -3.96. The van der Waals surface area contributed by atoms with E-state index in [0.717, 1.165) is 12.1 Å². The van der Waals surface area contributed by atoms with Crippen molar-refractivity contribution < 1.29 is 22.8 Å². The van der Waals surface area contributed by atoms with Crippen molar-refractivity contribution in [2.75, 3.05) is 11.9 Å². The van der Waals surface area contributed by atoms with E-state index >= 15 is 0 Å². The highest BCUT2D eigenvalue weighted by atomic mass is 19.4. The Hall–Kier alpha value is -3.03. The number of hydrogen-bond donors (Lipinski definition) is 3. The third-order valence-electron chi connectivity index (χ3n) is 3.78. The summed E-state index contributed by atoms with van der Waals surface area (Å²) in [7, 11) is 0. The van der Waals surface area contributed by atoms with Crippen molar-refractivity contribution >= 4 is 17.6 Å². The number of halogens is 3. The van der Waals surface area contributed by atoms with Crippen molar-refractivity contribution in [2.24, 2.45) is 0 Å². The summed E-state index contributed by atoms with van der Waals surface area (Å²) in [6, 6.07) is 10.9. The van der Waals surface area contributed by atoms with Crippen molar-refractivity contribution in [1.82, 2.24) is 10.6 Å². The molecule has 150 valence electrons. The highest BCUT2D eigenvalue weighted by Crippen LogP contribution is 2.29. The number of carbonyl (C=O) groups is 2. The van der Waals surface area contributed by atoms with Gasteiger partial charge >= 0.3 is 12.2 Å². The van der Waals surface area contributed by atoms with Crippen LogP contribution in [0, 0.1) is 0 Å². The van der Waals surface area contributed by atoms with Crippen LogP contribution in [0.3, 0.4) is 0 Å². The van der Waals surface area contributed by atoms with Crippen LogP contribution in [0.15, 0.2) is 48.5 Å². The summed E-state index contributed by atoms with van der Waals surface area (Å²) in [5.41, 5.74) is 0.837. The van der Waals surface area contributed by atoms with Crippen molar-refractivity contribution in [2.45, 2.75) is 32.5 Å². The number of nitrogens with one attached hydrogen (secondary N) is 3. The van der Waals surface area contributed by atoms with Crippen molar-refractivity contribution in [1.29, 1.82) is 0 Å². The fraction of sp³-hybridized carbons (Fsp3) is 0.300. The fourth-order valence-electron chi connectivity index (χ4n) is 2.45. The van der Waals surface area contributed by atoms with Gasteiger partial charge in [0.15, 0.2) is 0 Å². The van der Waals surface area contributed by atoms with Crippen LogP contribution in [0.4, 0.5) is 23.7 Å². The van der Waals surface area contributed by atoms with Crippen LogP contribution in [0.1, 0.15) is 35.3 Å². The molecule has 5 nitrogen and oxygen atoms in total. The maximum atomic E-state index is 12.6. The summed E-state index contributed by atoms with van der Waals surface area (Å²) in [6.45, 7) is 3.94. The SMILES string of the molecule is CC(C)NC(=O)Nc1cccc(C(=O)NCCc2ccc(C(F)(F)F)cc2)c1. The van der Waals surface area contributed by atoms with Gasteiger partial charge in [0.1, 0.15) is 0 Å². The lowest BCUT2D eigenvalue weighted by molar-refractivity contribution is -0.137. The van der Waals surface area contributed by atoms with Gasteiger partial charge in [-0.2, -0.15) is 13.2 Å². The summed E-state index contributed by atoms with van der Waals surface area (Å²) in [5.74, 6) is -0.333. The molecule has 0 unspecified atom stereocenters. The lowest BCUT2D eigenvalue weighted by Gasteiger charge is -2.11. The average molecular weight is 393 g/mol. The molecule has 0 aliphatic rings. The maximum Gasteiger partial charge on any atom is 0.416 e. The first-order valence-electron chi connectivity index (χ1n) is 8.77. The fourth-order valence-corrected chi connectivity index (χ4v) is 2.45. The molecule has 3 amide bonds. The molecule has 0 aromatic heterocycles. The molecule has 2 rings (SSSR count). The third kappa shape index (κ3) is 6.61. The molecule has 3 N–H and O–H groups in total. The number of amides is 3. The first kappa shape index (κ1) is 21.3. The third-order valence-corrected chi connectivity index (χ3v) is 3.78. The number of carbonyl (C=O) groups excluding carboxylic acids is 2. The number of urea groups is 1. The van der Waals surface area contributed by atoms with Gasteiger partial charge in [-0.15, -0.1) is 0 Å². The Kier molecular flexibility index (Phi) is 7.03. The van der Waals surface area contributed by atoms with Crippen LogP contribution in [0.25, 0.3) is 0 Å². The van der Waals surface area contributed by atoms with Gasteiger partial charge in [0.25, 0.3) is 5.91 Å². The van der Waals surface area contributed by atoms with Gasteiger partial charge in [0.2, 0.25) is 0 Å². The Labute approximate surface area is 161 Å². The van der Waals surface area contributed by atoms with E-state index in [0.29, 0.717) is 23.2 Å². The lowest BCUT2D eigenvalue weighted by Crippen LogP contribution is -2.34. The van der Waals surface area contributed by atoms with Crippen LogP contribution >= 0.6 is 0 Å². The Morgan fingerprint density at radius 1 is 1.04 bits per heavy atom. The van der Waals surface area contributed by atoms with Crippen LogP contribution in [0.5, 0.6) is 0 Å². The minimum absolute atomic E-state index is 0.0170. The molecule has 0 fully saturated rings. The van der Waals surface area contributed by atoms with Crippen molar-refractivity contribution in [3.8, 4) is 0 Å². The van der Waals surface area contributed by atoms with Gasteiger partial charge in [0, 0.05) is 23.8 Å². The Balaban J connectivity index is 1.87. The largest absolute Gasteiger partial charge is 0.416 e. The first-order chi connectivity index (χ1) is 13.1. The van der Waals surface area contributed by atoms with Gasteiger partial charge in [-0.3, -0.25) is 4.79 Å². The molecule has 2 aromatic rings. The van der Waals surface area contributed by atoms with Gasteiger partial charge in [-0.05, 0) is 56.2 Å². The number of anilines is 1. The normalized spacial score (nSPS) is 11.2. The number of benzene rings is 2. The zero-order valence-corrected chi connectivity index (χ0v) is 15.6. The molecule has 0 heterocycles. The highest BCUT2D eigenvalue weighted by molar-refractivity contribution is 5.96. The van der Waals surface area contributed by atoms with E-state index < -0.39 is 11.7 Å². The van der Waals surface area contributed by atoms with Crippen LogP contribution in [-0.2, 0) is 12.6 Å². The van der Waals surface area contributed by atoms with E-state index in [2.05, 4.69) is 16.0 Å². The Morgan fingerprint density at radius 3 is 2.32 bits per heavy atom. The van der Waals surface area contributed by atoms with Crippen LogP contribution in [0.2, 0.25) is 0 Å². The molecule has 28 heavy (non-hydrogen) atoms. The molecule has 0 bridgehead atoms. The van der Waals surface area contributed by atoms with E-state index in [4.69, 9.17) is 0 Å². The van der Waals surface area contributed by atoms with Gasteiger partial charge in [-0.25, -0.2) is 4.79 Å². The standard InChI is InChI=1S/C20H22F3N3O2/c1-13(2)25-19(28)26-17-5-3-4-15(12-17)18(27)24-11-10-14-6-8-16(9-7-14)20(21,22)23/h3-9,12-13H,10-11H2,1-2H3,(H,24,27)(H2,25,26,28). The average Bonchev–Trinajstić information content (AvgIpc) is 2.60. The predicted octanol–water partition coefficient (Wildman–Crippen LogP) is 4.21. The monoisotopic (exact) mass is 393 g/mol. The van der Waals surface area contributed by atoms with Crippen LogP contribution < -0.4 is 16.0 Å². The zero-order valence-electron chi connectivity index (χ0n) is 15.6. The molecule has 0 atom stereocenters. The van der Waals surface area contributed by atoms with Crippen LogP contribution in [-0.4, -0.2) is 24.5 Å². The predicted molar refractivity (Wildman–Crippen MR) is 101 cm³/mol. The minimum Gasteiger partial charge on any atom is -0.352 e. The molecular formula is C20H22F3N3O2. The topological polar surface area (TPSA) is 70.2 Å². The smallest absolute Gasteiger partial charge is 0.352 e. The summed E-state index contributed by atoms with van der Waals surface area (Å²) in [5, 5.41) is 8.05. The second kappa shape index (κ2) is 9.25. The van der Waals surface area contributed by atoms with Gasteiger partial charge in [0.05, 0.1) is 5.56 Å². The maximum absolute atomic E-state index is 12.6. The lowest BCUT2D eigenvalue weighted by atomic mass is 10.1. The van der Waals surface area contributed by atoms with E-state index in [-0.39, 0.29) is 24.5 Å². The molecule has 0 saturated heterocycles.